The van der Waals surface area contributed by atoms with Crippen LogP contribution in [0.5, 0.6) is 5.75 Å². The number of aromatic nitrogens is 1. The lowest BCUT2D eigenvalue weighted by Crippen LogP contribution is -2.53. The second-order valence-electron chi connectivity index (χ2n) is 9.94. The molecule has 1 fully saturated rings. The maximum atomic E-state index is 15.0. The number of hydrogen-bond acceptors (Lipinski definition) is 4. The molecule has 2 aliphatic rings. The van der Waals surface area contributed by atoms with Crippen LogP contribution >= 0.6 is 0 Å². The highest BCUT2D eigenvalue weighted by atomic mass is 19.4. The van der Waals surface area contributed by atoms with Gasteiger partial charge in [0.25, 0.3) is 5.60 Å². The van der Waals surface area contributed by atoms with Crippen molar-refractivity contribution >= 4 is 0 Å². The van der Waals surface area contributed by atoms with Gasteiger partial charge in [0.2, 0.25) is 0 Å². The first-order chi connectivity index (χ1) is 18.2. The second-order valence-corrected chi connectivity index (χ2v) is 9.94. The Morgan fingerprint density at radius 3 is 2.03 bits per heavy atom. The zero-order chi connectivity index (χ0) is 28.2. The molecule has 0 saturated carbocycles. The van der Waals surface area contributed by atoms with Crippen molar-refractivity contribution < 1.29 is 45.0 Å². The van der Waals surface area contributed by atoms with Gasteiger partial charge in [0.05, 0.1) is 11.8 Å². The third kappa shape index (κ3) is 4.84. The van der Waals surface area contributed by atoms with Crippen molar-refractivity contribution in [2.24, 2.45) is 0 Å². The van der Waals surface area contributed by atoms with Gasteiger partial charge in [-0.1, -0.05) is 24.3 Å². The molecule has 0 aliphatic carbocycles. The van der Waals surface area contributed by atoms with E-state index < -0.39 is 40.7 Å². The van der Waals surface area contributed by atoms with Gasteiger partial charge in [-0.3, -0.25) is 9.88 Å². The van der Waals surface area contributed by atoms with E-state index in [9.17, 15) is 40.2 Å². The highest BCUT2D eigenvalue weighted by Crippen LogP contribution is 2.50. The molecule has 4 nitrogen and oxygen atoms in total. The van der Waals surface area contributed by atoms with Crippen LogP contribution in [0.3, 0.4) is 0 Å². The average molecular weight is 558 g/mol. The number of pyridine rings is 1. The van der Waals surface area contributed by atoms with E-state index in [-0.39, 0.29) is 17.7 Å². The molecule has 208 valence electrons. The van der Waals surface area contributed by atoms with Crippen molar-refractivity contribution in [1.82, 2.24) is 9.88 Å². The molecule has 2 aliphatic heterocycles. The van der Waals surface area contributed by atoms with Crippen LogP contribution in [0.1, 0.15) is 29.5 Å². The highest BCUT2D eigenvalue weighted by molar-refractivity contribution is 5.66. The number of piperidine rings is 1. The molecule has 1 aromatic heterocycles. The fraction of sp³-hybridized carbons (Fsp3) is 0.370. The van der Waals surface area contributed by atoms with Crippen LogP contribution in [0.15, 0.2) is 54.9 Å². The fourth-order valence-corrected chi connectivity index (χ4v) is 5.28. The van der Waals surface area contributed by atoms with Gasteiger partial charge in [-0.2, -0.15) is 26.3 Å². The SMILES string of the molecule is OC(c1ccc(-c2c(F)cc(CN3CCC4(CC3)Cc3ccncc3O4)cc2F)cc1)(C(F)(F)F)C(F)(F)F. The number of alkyl halides is 6. The Kier molecular flexibility index (Phi) is 6.61. The molecule has 1 spiro atoms. The maximum Gasteiger partial charge on any atom is 0.430 e. The van der Waals surface area contributed by atoms with E-state index >= 15 is 0 Å². The first kappa shape index (κ1) is 27.3. The summed E-state index contributed by atoms with van der Waals surface area (Å²) in [5, 5.41) is 9.52. The molecule has 0 radical (unpaired) electrons. The van der Waals surface area contributed by atoms with E-state index in [0.29, 0.717) is 55.8 Å². The van der Waals surface area contributed by atoms with Crippen molar-refractivity contribution in [3.63, 3.8) is 0 Å². The molecule has 5 rings (SSSR count). The lowest BCUT2D eigenvalue weighted by molar-refractivity contribution is -0.376. The minimum Gasteiger partial charge on any atom is -0.485 e. The van der Waals surface area contributed by atoms with Gasteiger partial charge >= 0.3 is 12.4 Å². The molecule has 0 unspecified atom stereocenters. The second kappa shape index (κ2) is 9.44. The third-order valence-electron chi connectivity index (χ3n) is 7.40. The first-order valence-electron chi connectivity index (χ1n) is 12.0. The molecule has 39 heavy (non-hydrogen) atoms. The number of fused-ring (bicyclic) bond motifs is 1. The quantitative estimate of drug-likeness (QED) is 0.382. The van der Waals surface area contributed by atoms with E-state index in [0.717, 1.165) is 29.9 Å². The smallest absolute Gasteiger partial charge is 0.430 e. The first-order valence-corrected chi connectivity index (χ1v) is 12.0. The summed E-state index contributed by atoms with van der Waals surface area (Å²) in [6.45, 7) is 1.48. The number of hydrogen-bond donors (Lipinski definition) is 1. The van der Waals surface area contributed by atoms with E-state index in [1.165, 1.54) is 0 Å². The largest absolute Gasteiger partial charge is 0.485 e. The van der Waals surface area contributed by atoms with Crippen LogP contribution in [0.4, 0.5) is 35.1 Å². The molecule has 12 heteroatoms. The normalized spacial score (nSPS) is 17.8. The molecular formula is C27H22F8N2O2. The van der Waals surface area contributed by atoms with Gasteiger partial charge < -0.3 is 9.84 Å². The lowest BCUT2D eigenvalue weighted by atomic mass is 9.87. The Morgan fingerprint density at radius 1 is 0.897 bits per heavy atom. The van der Waals surface area contributed by atoms with E-state index in [1.54, 1.807) is 12.4 Å². The number of rotatable bonds is 4. The minimum atomic E-state index is -6.07. The van der Waals surface area contributed by atoms with Crippen molar-refractivity contribution in [2.75, 3.05) is 13.1 Å². The van der Waals surface area contributed by atoms with Gasteiger partial charge in [0, 0.05) is 56.2 Å². The molecule has 1 N–H and O–H groups in total. The molecule has 0 atom stereocenters. The van der Waals surface area contributed by atoms with Gasteiger partial charge in [-0.15, -0.1) is 0 Å². The summed E-state index contributed by atoms with van der Waals surface area (Å²) in [7, 11) is 0. The fourth-order valence-electron chi connectivity index (χ4n) is 5.28. The van der Waals surface area contributed by atoms with Crippen molar-refractivity contribution in [1.29, 1.82) is 0 Å². The number of ether oxygens (including phenoxy) is 1. The maximum absolute atomic E-state index is 15.0. The van der Waals surface area contributed by atoms with Crippen LogP contribution < -0.4 is 4.74 Å². The van der Waals surface area contributed by atoms with Gasteiger partial charge in [0.15, 0.2) is 0 Å². The Hall–Kier alpha value is -3.25. The number of halogens is 8. The zero-order valence-electron chi connectivity index (χ0n) is 20.2. The van der Waals surface area contributed by atoms with E-state index in [4.69, 9.17) is 4.74 Å². The number of aliphatic hydroxyl groups is 1. The van der Waals surface area contributed by atoms with Gasteiger partial charge in [-0.25, -0.2) is 8.78 Å². The van der Waals surface area contributed by atoms with Crippen LogP contribution in [-0.2, 0) is 18.6 Å². The monoisotopic (exact) mass is 558 g/mol. The van der Waals surface area contributed by atoms with Gasteiger partial charge in [0.1, 0.15) is 23.0 Å². The molecule has 0 amide bonds. The molecule has 3 heterocycles. The van der Waals surface area contributed by atoms with Crippen LogP contribution in [0, 0.1) is 11.6 Å². The summed E-state index contributed by atoms with van der Waals surface area (Å²) >= 11 is 0. The van der Waals surface area contributed by atoms with Crippen LogP contribution in [-0.4, -0.2) is 46.0 Å². The van der Waals surface area contributed by atoms with E-state index in [2.05, 4.69) is 4.98 Å². The van der Waals surface area contributed by atoms with Crippen molar-refractivity contribution in [2.45, 2.75) is 49.4 Å². The molecule has 3 aromatic rings. The molecule has 2 aromatic carbocycles. The number of nitrogens with zero attached hydrogens (tertiary/aromatic N) is 2. The summed E-state index contributed by atoms with van der Waals surface area (Å²) in [6.07, 6.45) is -6.56. The zero-order valence-corrected chi connectivity index (χ0v) is 20.2. The predicted molar refractivity (Wildman–Crippen MR) is 124 cm³/mol. The number of likely N-dealkylation sites (tertiary alicyclic amines) is 1. The van der Waals surface area contributed by atoms with Crippen LogP contribution in [0.25, 0.3) is 11.1 Å². The van der Waals surface area contributed by atoms with Crippen molar-refractivity contribution in [3.05, 3.63) is 83.2 Å². The summed E-state index contributed by atoms with van der Waals surface area (Å²) in [5.74, 6) is -1.27. The Bertz CT molecular complexity index is 1300. The molecule has 0 bridgehead atoms. The highest BCUT2D eigenvalue weighted by Gasteiger charge is 2.71. The third-order valence-corrected chi connectivity index (χ3v) is 7.40. The van der Waals surface area contributed by atoms with Crippen LogP contribution in [0.2, 0.25) is 0 Å². The lowest BCUT2D eigenvalue weighted by Gasteiger charge is -2.38. The van der Waals surface area contributed by atoms with Crippen molar-refractivity contribution in [3.8, 4) is 16.9 Å². The predicted octanol–water partition coefficient (Wildman–Crippen LogP) is 6.31. The summed E-state index contributed by atoms with van der Waals surface area (Å²) in [5.41, 5.74) is -6.45. The summed E-state index contributed by atoms with van der Waals surface area (Å²) in [4.78, 5) is 6.10. The standard InChI is InChI=1S/C27H22F8N2O2/c28-20-11-16(15-37-9-6-24(7-10-37)13-18-5-8-36-14-22(18)39-24)12-21(29)23(20)17-1-3-19(4-2-17)25(38,26(30,31)32)27(33,34)35/h1-5,8,11-12,14,38H,6-7,9-10,13,15H2. The molecule has 1 saturated heterocycles. The Labute approximate surface area is 217 Å². The van der Waals surface area contributed by atoms with Gasteiger partial charge in [-0.05, 0) is 29.3 Å². The Balaban J connectivity index is 1.30. The minimum absolute atomic E-state index is 0.238. The molecular weight excluding hydrogens is 536 g/mol. The number of benzene rings is 2. The summed E-state index contributed by atoms with van der Waals surface area (Å²) in [6, 6.07) is 6.22. The topological polar surface area (TPSA) is 45.6 Å². The average Bonchev–Trinajstić information content (AvgIpc) is 3.21. The Morgan fingerprint density at radius 2 is 1.49 bits per heavy atom. The van der Waals surface area contributed by atoms with E-state index in [1.807, 2.05) is 11.0 Å². The summed E-state index contributed by atoms with van der Waals surface area (Å²) < 4.78 is 115.